The summed E-state index contributed by atoms with van der Waals surface area (Å²) in [4.78, 5) is 23.8. The number of ether oxygens (including phenoxy) is 1. The quantitative estimate of drug-likeness (QED) is 0.850. The van der Waals surface area contributed by atoms with Crippen molar-refractivity contribution in [3.63, 3.8) is 0 Å². The number of rotatable bonds is 4. The Morgan fingerprint density at radius 2 is 1.70 bits per heavy atom. The SMILES string of the molecule is Cc1ccc(NC(=O)COC(=O)c2ccc(C)cc2O)c(C)c1. The van der Waals surface area contributed by atoms with E-state index in [2.05, 4.69) is 5.32 Å². The first-order valence-electron chi connectivity index (χ1n) is 7.20. The van der Waals surface area contributed by atoms with Crippen molar-refractivity contribution in [1.29, 1.82) is 0 Å². The van der Waals surface area contributed by atoms with Gasteiger partial charge in [0.15, 0.2) is 6.61 Å². The van der Waals surface area contributed by atoms with Gasteiger partial charge in [-0.2, -0.15) is 0 Å². The van der Waals surface area contributed by atoms with Crippen LogP contribution in [0.2, 0.25) is 0 Å². The number of aryl methyl sites for hydroxylation is 3. The first-order valence-corrected chi connectivity index (χ1v) is 7.20. The lowest BCUT2D eigenvalue weighted by Crippen LogP contribution is -2.21. The zero-order valence-corrected chi connectivity index (χ0v) is 13.3. The minimum atomic E-state index is -0.738. The van der Waals surface area contributed by atoms with Gasteiger partial charge in [0, 0.05) is 5.69 Å². The van der Waals surface area contributed by atoms with Crippen LogP contribution in [0, 0.1) is 20.8 Å². The summed E-state index contributed by atoms with van der Waals surface area (Å²) in [5, 5.41) is 12.4. The minimum absolute atomic E-state index is 0.0370. The van der Waals surface area contributed by atoms with Crippen LogP contribution in [0.5, 0.6) is 5.75 Å². The summed E-state index contributed by atoms with van der Waals surface area (Å²) in [5.74, 6) is -1.33. The second-order valence-electron chi connectivity index (χ2n) is 5.46. The van der Waals surface area contributed by atoms with E-state index in [1.807, 2.05) is 26.0 Å². The van der Waals surface area contributed by atoms with E-state index >= 15 is 0 Å². The molecule has 5 nitrogen and oxygen atoms in total. The third-order valence-corrected chi connectivity index (χ3v) is 3.36. The number of carbonyl (C=O) groups excluding carboxylic acids is 2. The van der Waals surface area contributed by atoms with Gasteiger partial charge < -0.3 is 15.2 Å². The third kappa shape index (κ3) is 4.32. The van der Waals surface area contributed by atoms with E-state index in [-0.39, 0.29) is 11.3 Å². The number of benzene rings is 2. The number of carbonyl (C=O) groups is 2. The number of hydrogen-bond acceptors (Lipinski definition) is 4. The van der Waals surface area contributed by atoms with Gasteiger partial charge in [0.05, 0.1) is 0 Å². The van der Waals surface area contributed by atoms with Crippen LogP contribution in [-0.4, -0.2) is 23.6 Å². The van der Waals surface area contributed by atoms with Crippen molar-refractivity contribution in [3.05, 3.63) is 58.7 Å². The molecule has 0 radical (unpaired) electrons. The zero-order valence-electron chi connectivity index (χ0n) is 13.3. The molecule has 23 heavy (non-hydrogen) atoms. The molecule has 0 spiro atoms. The Morgan fingerprint density at radius 3 is 2.35 bits per heavy atom. The van der Waals surface area contributed by atoms with Crippen LogP contribution in [0.1, 0.15) is 27.0 Å². The fraction of sp³-hybridized carbons (Fsp3) is 0.222. The van der Waals surface area contributed by atoms with Gasteiger partial charge in [-0.25, -0.2) is 4.79 Å². The van der Waals surface area contributed by atoms with E-state index in [9.17, 15) is 14.7 Å². The lowest BCUT2D eigenvalue weighted by atomic mass is 10.1. The number of hydrogen-bond donors (Lipinski definition) is 2. The molecule has 2 N–H and O–H groups in total. The monoisotopic (exact) mass is 313 g/mol. The lowest BCUT2D eigenvalue weighted by Gasteiger charge is -2.10. The highest BCUT2D eigenvalue weighted by Gasteiger charge is 2.14. The van der Waals surface area contributed by atoms with Crippen LogP contribution in [0.15, 0.2) is 36.4 Å². The molecule has 2 aromatic carbocycles. The number of esters is 1. The lowest BCUT2D eigenvalue weighted by molar-refractivity contribution is -0.119. The van der Waals surface area contributed by atoms with Gasteiger partial charge in [-0.3, -0.25) is 4.79 Å². The van der Waals surface area contributed by atoms with Gasteiger partial charge in [-0.1, -0.05) is 23.8 Å². The van der Waals surface area contributed by atoms with Crippen LogP contribution in [-0.2, 0) is 9.53 Å². The number of anilines is 1. The number of aromatic hydroxyl groups is 1. The molecule has 0 aliphatic rings. The Hall–Kier alpha value is -2.82. The fourth-order valence-electron chi connectivity index (χ4n) is 2.16. The van der Waals surface area contributed by atoms with E-state index in [4.69, 9.17) is 4.74 Å². The van der Waals surface area contributed by atoms with Crippen LogP contribution < -0.4 is 5.32 Å². The standard InChI is InChI=1S/C18H19NO4/c1-11-5-7-15(13(3)8-11)19-17(21)10-23-18(22)14-6-4-12(2)9-16(14)20/h4-9,20H,10H2,1-3H3,(H,19,21). The number of nitrogens with one attached hydrogen (secondary N) is 1. The molecule has 2 aromatic rings. The molecule has 5 heteroatoms. The molecule has 0 saturated heterocycles. The number of phenols is 1. The Balaban J connectivity index is 1.94. The molecule has 0 aliphatic carbocycles. The molecule has 0 aliphatic heterocycles. The van der Waals surface area contributed by atoms with Gasteiger partial charge in [0.2, 0.25) is 0 Å². The van der Waals surface area contributed by atoms with E-state index in [0.717, 1.165) is 16.7 Å². The van der Waals surface area contributed by atoms with Crippen molar-refractivity contribution in [2.24, 2.45) is 0 Å². The van der Waals surface area contributed by atoms with Gasteiger partial charge >= 0.3 is 5.97 Å². The Kier molecular flexibility index (Phi) is 5.01. The molecule has 0 atom stereocenters. The molecule has 2 rings (SSSR count). The normalized spacial score (nSPS) is 10.2. The van der Waals surface area contributed by atoms with Crippen LogP contribution >= 0.6 is 0 Å². The second-order valence-corrected chi connectivity index (χ2v) is 5.46. The van der Waals surface area contributed by atoms with Gasteiger partial charge in [0.25, 0.3) is 5.91 Å². The molecule has 0 heterocycles. The maximum absolute atomic E-state index is 11.9. The summed E-state index contributed by atoms with van der Waals surface area (Å²) in [7, 11) is 0. The van der Waals surface area contributed by atoms with Gasteiger partial charge in [0.1, 0.15) is 11.3 Å². The van der Waals surface area contributed by atoms with Crippen LogP contribution in [0.4, 0.5) is 5.69 Å². The Labute approximate surface area is 134 Å². The van der Waals surface area contributed by atoms with E-state index in [1.165, 1.54) is 12.1 Å². The third-order valence-electron chi connectivity index (χ3n) is 3.36. The minimum Gasteiger partial charge on any atom is -0.507 e. The van der Waals surface area contributed by atoms with E-state index in [1.54, 1.807) is 19.1 Å². The summed E-state index contributed by atoms with van der Waals surface area (Å²) in [6.07, 6.45) is 0. The highest BCUT2D eigenvalue weighted by atomic mass is 16.5. The molecule has 120 valence electrons. The van der Waals surface area contributed by atoms with Crippen molar-refractivity contribution in [3.8, 4) is 5.75 Å². The predicted octanol–water partition coefficient (Wildman–Crippen LogP) is 3.11. The molecule has 1 amide bonds. The molecule has 0 aromatic heterocycles. The Bertz CT molecular complexity index is 753. The number of phenolic OH excluding ortho intramolecular Hbond substituents is 1. The summed E-state index contributed by atoms with van der Waals surface area (Å²) in [5.41, 5.74) is 3.57. The van der Waals surface area contributed by atoms with E-state index in [0.29, 0.717) is 5.69 Å². The molecule has 0 saturated carbocycles. The fourth-order valence-corrected chi connectivity index (χ4v) is 2.16. The maximum atomic E-state index is 11.9. The van der Waals surface area contributed by atoms with Gasteiger partial charge in [-0.15, -0.1) is 0 Å². The summed E-state index contributed by atoms with van der Waals surface area (Å²) in [6.45, 7) is 5.24. The molecular weight excluding hydrogens is 294 g/mol. The second kappa shape index (κ2) is 6.96. The van der Waals surface area contributed by atoms with Crippen molar-refractivity contribution in [2.75, 3.05) is 11.9 Å². The van der Waals surface area contributed by atoms with Gasteiger partial charge in [-0.05, 0) is 50.1 Å². The number of amides is 1. The van der Waals surface area contributed by atoms with E-state index < -0.39 is 18.5 Å². The summed E-state index contributed by atoms with van der Waals surface area (Å²) < 4.78 is 4.94. The van der Waals surface area contributed by atoms with Crippen molar-refractivity contribution in [2.45, 2.75) is 20.8 Å². The predicted molar refractivity (Wildman–Crippen MR) is 87.7 cm³/mol. The molecular formula is C18H19NO4. The van der Waals surface area contributed by atoms with Crippen molar-refractivity contribution in [1.82, 2.24) is 0 Å². The molecule has 0 unspecified atom stereocenters. The highest BCUT2D eigenvalue weighted by Crippen LogP contribution is 2.19. The van der Waals surface area contributed by atoms with Crippen molar-refractivity contribution >= 4 is 17.6 Å². The Morgan fingerprint density at radius 1 is 1.04 bits per heavy atom. The molecule has 0 fully saturated rings. The van der Waals surface area contributed by atoms with Crippen molar-refractivity contribution < 1.29 is 19.4 Å². The maximum Gasteiger partial charge on any atom is 0.342 e. The summed E-state index contributed by atoms with van der Waals surface area (Å²) >= 11 is 0. The largest absolute Gasteiger partial charge is 0.507 e. The topological polar surface area (TPSA) is 75.6 Å². The first-order chi connectivity index (χ1) is 10.9. The molecule has 0 bridgehead atoms. The average Bonchev–Trinajstić information content (AvgIpc) is 2.48. The van der Waals surface area contributed by atoms with Crippen LogP contribution in [0.25, 0.3) is 0 Å². The average molecular weight is 313 g/mol. The smallest absolute Gasteiger partial charge is 0.342 e. The van der Waals surface area contributed by atoms with Crippen LogP contribution in [0.3, 0.4) is 0 Å². The zero-order chi connectivity index (χ0) is 17.0. The summed E-state index contributed by atoms with van der Waals surface area (Å²) in [6, 6.07) is 10.3. The first kappa shape index (κ1) is 16.5. The highest BCUT2D eigenvalue weighted by molar-refractivity contribution is 5.97.